The van der Waals surface area contributed by atoms with Crippen molar-refractivity contribution in [1.82, 2.24) is 15.1 Å². The van der Waals surface area contributed by atoms with Gasteiger partial charge >= 0.3 is 0 Å². The summed E-state index contributed by atoms with van der Waals surface area (Å²) < 4.78 is 0. The molecule has 3 heteroatoms. The summed E-state index contributed by atoms with van der Waals surface area (Å²) in [5.41, 5.74) is 2.63. The van der Waals surface area contributed by atoms with Gasteiger partial charge in [-0.25, -0.2) is 0 Å². The third-order valence-corrected chi connectivity index (χ3v) is 2.69. The molecule has 0 bridgehead atoms. The van der Waals surface area contributed by atoms with E-state index in [1.165, 1.54) is 11.4 Å². The number of hydrogen-bond acceptors (Lipinski definition) is 3. The zero-order valence-corrected chi connectivity index (χ0v) is 9.20. The Labute approximate surface area is 80.9 Å². The Morgan fingerprint density at radius 1 is 1.15 bits per heavy atom. The van der Waals surface area contributed by atoms with Gasteiger partial charge in [0.2, 0.25) is 0 Å². The van der Waals surface area contributed by atoms with Gasteiger partial charge < -0.3 is 0 Å². The van der Waals surface area contributed by atoms with Gasteiger partial charge in [-0.15, -0.1) is 5.12 Å². The van der Waals surface area contributed by atoms with Crippen LogP contribution in [0.25, 0.3) is 0 Å². The molecule has 1 heterocycles. The number of nitrogens with zero attached hydrogens (tertiary/aromatic N) is 3. The summed E-state index contributed by atoms with van der Waals surface area (Å²) in [5.74, 6) is 0. The van der Waals surface area contributed by atoms with E-state index in [1.54, 1.807) is 0 Å². The van der Waals surface area contributed by atoms with Crippen molar-refractivity contribution < 1.29 is 0 Å². The van der Waals surface area contributed by atoms with Gasteiger partial charge in [-0.3, -0.25) is 10.0 Å². The largest absolute Gasteiger partial charge is 0.294 e. The molecule has 3 nitrogen and oxygen atoms in total. The molecule has 1 aliphatic rings. The average Bonchev–Trinajstić information content (AvgIpc) is 2.30. The van der Waals surface area contributed by atoms with Crippen LogP contribution in [0.15, 0.2) is 23.5 Å². The molecule has 0 atom stereocenters. The minimum absolute atomic E-state index is 0.945. The van der Waals surface area contributed by atoms with Crippen molar-refractivity contribution in [1.29, 1.82) is 0 Å². The number of hydrogen-bond donors (Lipinski definition) is 0. The summed E-state index contributed by atoms with van der Waals surface area (Å²) >= 11 is 0. The van der Waals surface area contributed by atoms with Crippen LogP contribution in [0.5, 0.6) is 0 Å². The van der Waals surface area contributed by atoms with Crippen molar-refractivity contribution in [3.8, 4) is 0 Å². The first-order valence-electron chi connectivity index (χ1n) is 4.63. The second kappa shape index (κ2) is 3.83. The van der Waals surface area contributed by atoms with Crippen molar-refractivity contribution in [2.75, 3.05) is 20.6 Å². The van der Waals surface area contributed by atoms with Crippen molar-refractivity contribution in [2.24, 2.45) is 0 Å². The third-order valence-electron chi connectivity index (χ3n) is 2.69. The van der Waals surface area contributed by atoms with E-state index in [-0.39, 0.29) is 0 Å². The highest BCUT2D eigenvalue weighted by atomic mass is 15.9. The molecule has 0 amide bonds. The lowest BCUT2D eigenvalue weighted by molar-refractivity contribution is -0.0730. The van der Waals surface area contributed by atoms with E-state index in [9.17, 15) is 0 Å². The molecule has 0 N–H and O–H groups in total. The lowest BCUT2D eigenvalue weighted by Gasteiger charge is -2.31. The predicted molar refractivity (Wildman–Crippen MR) is 55.4 cm³/mol. The molecule has 0 fully saturated rings. The van der Waals surface area contributed by atoms with Crippen LogP contribution in [0.4, 0.5) is 0 Å². The van der Waals surface area contributed by atoms with Crippen LogP contribution in [0, 0.1) is 0 Å². The maximum atomic E-state index is 2.25. The maximum Gasteiger partial charge on any atom is 0.0542 e. The van der Waals surface area contributed by atoms with Gasteiger partial charge in [-0.05, 0) is 20.8 Å². The van der Waals surface area contributed by atoms with E-state index in [4.69, 9.17) is 0 Å². The molecule has 0 saturated heterocycles. The summed E-state index contributed by atoms with van der Waals surface area (Å²) in [4.78, 5) is 0. The van der Waals surface area contributed by atoms with Gasteiger partial charge in [0.15, 0.2) is 0 Å². The SMILES string of the molecule is CC=CCN1C(C)=C(C)N(C)N1C. The molecule has 0 saturated carbocycles. The lowest BCUT2D eigenvalue weighted by atomic mass is 10.3. The lowest BCUT2D eigenvalue weighted by Crippen LogP contribution is -2.40. The van der Waals surface area contributed by atoms with E-state index < -0.39 is 0 Å². The second-order valence-corrected chi connectivity index (χ2v) is 3.34. The van der Waals surface area contributed by atoms with Crippen LogP contribution in [-0.4, -0.2) is 35.8 Å². The van der Waals surface area contributed by atoms with E-state index in [1.807, 2.05) is 6.92 Å². The molecule has 0 aliphatic carbocycles. The topological polar surface area (TPSA) is 9.72 Å². The van der Waals surface area contributed by atoms with Crippen molar-refractivity contribution in [3.05, 3.63) is 23.5 Å². The van der Waals surface area contributed by atoms with E-state index >= 15 is 0 Å². The fraction of sp³-hybridized carbons (Fsp3) is 0.600. The van der Waals surface area contributed by atoms with Crippen LogP contribution < -0.4 is 0 Å². The smallest absolute Gasteiger partial charge is 0.0542 e. The summed E-state index contributed by atoms with van der Waals surface area (Å²) in [5, 5.41) is 6.53. The van der Waals surface area contributed by atoms with Gasteiger partial charge in [0, 0.05) is 25.5 Å². The minimum Gasteiger partial charge on any atom is -0.294 e. The summed E-state index contributed by atoms with van der Waals surface area (Å²) in [6.07, 6.45) is 4.24. The van der Waals surface area contributed by atoms with Crippen molar-refractivity contribution in [2.45, 2.75) is 20.8 Å². The molecule has 0 aromatic carbocycles. The molecule has 0 aromatic rings. The Balaban J connectivity index is 2.76. The minimum atomic E-state index is 0.945. The molecular formula is C10H19N3. The molecule has 0 aromatic heterocycles. The van der Waals surface area contributed by atoms with Crippen LogP contribution >= 0.6 is 0 Å². The first-order chi connectivity index (χ1) is 6.09. The summed E-state index contributed by atoms with van der Waals surface area (Å²) in [6, 6.07) is 0. The van der Waals surface area contributed by atoms with Gasteiger partial charge in [0.1, 0.15) is 0 Å². The summed E-state index contributed by atoms with van der Waals surface area (Å²) in [6.45, 7) is 7.28. The predicted octanol–water partition coefficient (Wildman–Crippen LogP) is 1.82. The van der Waals surface area contributed by atoms with Crippen molar-refractivity contribution in [3.63, 3.8) is 0 Å². The van der Waals surface area contributed by atoms with Gasteiger partial charge in [0.05, 0.1) is 6.54 Å². The van der Waals surface area contributed by atoms with Gasteiger partial charge in [-0.2, -0.15) is 0 Å². The molecule has 0 unspecified atom stereocenters. The number of hydrazine groups is 2. The molecule has 0 spiro atoms. The van der Waals surface area contributed by atoms with Gasteiger partial charge in [-0.1, -0.05) is 12.2 Å². The number of rotatable bonds is 2. The van der Waals surface area contributed by atoms with Crippen LogP contribution in [0.2, 0.25) is 0 Å². The monoisotopic (exact) mass is 181 g/mol. The first kappa shape index (κ1) is 10.1. The van der Waals surface area contributed by atoms with E-state index in [0.717, 1.165) is 6.54 Å². The Morgan fingerprint density at radius 2 is 1.77 bits per heavy atom. The fourth-order valence-electron chi connectivity index (χ4n) is 1.48. The molecular weight excluding hydrogens is 162 g/mol. The Hall–Kier alpha value is -0.960. The van der Waals surface area contributed by atoms with E-state index in [0.29, 0.717) is 0 Å². The Bertz CT molecular complexity index is 243. The highest BCUT2D eigenvalue weighted by molar-refractivity contribution is 5.11. The number of allylic oxidation sites excluding steroid dienone is 3. The quantitative estimate of drug-likeness (QED) is 0.602. The Morgan fingerprint density at radius 3 is 2.15 bits per heavy atom. The molecule has 1 rings (SSSR count). The van der Waals surface area contributed by atoms with Gasteiger partial charge in [0.25, 0.3) is 0 Å². The standard InChI is InChI=1S/C10H19N3/c1-6-7-8-13-10(3)9(2)11(4)12(13)5/h6-7H,8H2,1-5H3. The maximum absolute atomic E-state index is 2.25. The molecule has 74 valence electrons. The normalized spacial score (nSPS) is 19.8. The van der Waals surface area contributed by atoms with Crippen LogP contribution in [0.3, 0.4) is 0 Å². The van der Waals surface area contributed by atoms with Crippen LogP contribution in [-0.2, 0) is 0 Å². The fourth-order valence-corrected chi connectivity index (χ4v) is 1.48. The van der Waals surface area contributed by atoms with Crippen molar-refractivity contribution >= 4 is 0 Å². The highest BCUT2D eigenvalue weighted by Crippen LogP contribution is 2.23. The zero-order chi connectivity index (χ0) is 10.0. The average molecular weight is 181 g/mol. The highest BCUT2D eigenvalue weighted by Gasteiger charge is 2.24. The van der Waals surface area contributed by atoms with E-state index in [2.05, 4.69) is 55.2 Å². The molecule has 13 heavy (non-hydrogen) atoms. The third kappa shape index (κ3) is 1.70. The zero-order valence-electron chi connectivity index (χ0n) is 9.20. The Kier molecular flexibility index (Phi) is 2.98. The summed E-state index contributed by atoms with van der Waals surface area (Å²) in [7, 11) is 4.15. The molecule has 1 aliphatic heterocycles. The first-order valence-corrected chi connectivity index (χ1v) is 4.63. The van der Waals surface area contributed by atoms with Crippen LogP contribution in [0.1, 0.15) is 20.8 Å². The second-order valence-electron chi connectivity index (χ2n) is 3.34. The molecule has 0 radical (unpaired) electrons.